The third-order valence-corrected chi connectivity index (χ3v) is 4.73. The number of carbonyl (C=O) groups is 2. The van der Waals surface area contributed by atoms with Crippen molar-refractivity contribution in [3.63, 3.8) is 0 Å². The number of nitrogens with one attached hydrogen (secondary N) is 1. The molecule has 0 saturated heterocycles. The van der Waals surface area contributed by atoms with E-state index in [9.17, 15) is 18.4 Å². The number of rotatable bonds is 6. The molecule has 0 aromatic heterocycles. The molecule has 26 heavy (non-hydrogen) atoms. The van der Waals surface area contributed by atoms with Crippen LogP contribution in [0.4, 0.5) is 14.5 Å². The molecule has 138 valence electrons. The highest BCUT2D eigenvalue weighted by Crippen LogP contribution is 2.25. The molecule has 0 aliphatic heterocycles. The molecule has 0 spiro atoms. The number of halogens is 2. The van der Waals surface area contributed by atoms with Crippen molar-refractivity contribution < 1.29 is 18.4 Å². The monoisotopic (exact) mass is 378 g/mol. The molecular formula is C19H20F2N2O2S. The summed E-state index contributed by atoms with van der Waals surface area (Å²) in [7, 11) is 1.53. The summed E-state index contributed by atoms with van der Waals surface area (Å²) in [4.78, 5) is 26.2. The Morgan fingerprint density at radius 2 is 1.77 bits per heavy atom. The number of hydrogen-bond acceptors (Lipinski definition) is 3. The molecule has 0 saturated carbocycles. The van der Waals surface area contributed by atoms with Gasteiger partial charge >= 0.3 is 0 Å². The summed E-state index contributed by atoms with van der Waals surface area (Å²) in [5, 5.41) is 2.18. The highest BCUT2D eigenvalue weighted by atomic mass is 32.2. The maximum Gasteiger partial charge on any atom is 0.243 e. The van der Waals surface area contributed by atoms with E-state index in [0.29, 0.717) is 10.6 Å². The van der Waals surface area contributed by atoms with Crippen LogP contribution in [-0.4, -0.2) is 35.6 Å². The predicted octanol–water partition coefficient (Wildman–Crippen LogP) is 3.85. The molecule has 0 heterocycles. The summed E-state index contributed by atoms with van der Waals surface area (Å²) < 4.78 is 26.2. The lowest BCUT2D eigenvalue weighted by molar-refractivity contribution is -0.132. The van der Waals surface area contributed by atoms with E-state index in [4.69, 9.17) is 0 Å². The molecule has 4 nitrogen and oxygen atoms in total. The lowest BCUT2D eigenvalue weighted by Crippen LogP contribution is -2.38. The smallest absolute Gasteiger partial charge is 0.243 e. The van der Waals surface area contributed by atoms with Gasteiger partial charge in [0, 0.05) is 17.6 Å². The standard InChI is InChI=1S/C19H20F2N2O2S/c1-12-4-6-14(7-5-12)22-18(24)11-23(3)19(25)13(2)26-15-8-9-16(20)17(21)10-15/h4-10,13H,11H2,1-3H3,(H,22,24)/t13-/m1/s1. The van der Waals surface area contributed by atoms with Crippen LogP contribution in [0, 0.1) is 18.6 Å². The van der Waals surface area contributed by atoms with Crippen LogP contribution in [0.25, 0.3) is 0 Å². The highest BCUT2D eigenvalue weighted by Gasteiger charge is 2.21. The van der Waals surface area contributed by atoms with Crippen molar-refractivity contribution in [1.29, 1.82) is 0 Å². The molecular weight excluding hydrogens is 358 g/mol. The lowest BCUT2D eigenvalue weighted by atomic mass is 10.2. The fourth-order valence-corrected chi connectivity index (χ4v) is 3.25. The van der Waals surface area contributed by atoms with Crippen molar-refractivity contribution in [2.75, 3.05) is 18.9 Å². The summed E-state index contributed by atoms with van der Waals surface area (Å²) in [5.41, 5.74) is 1.74. The van der Waals surface area contributed by atoms with E-state index in [-0.39, 0.29) is 18.4 Å². The highest BCUT2D eigenvalue weighted by molar-refractivity contribution is 8.00. The lowest BCUT2D eigenvalue weighted by Gasteiger charge is -2.20. The Kier molecular flexibility index (Phi) is 6.74. The van der Waals surface area contributed by atoms with Gasteiger partial charge < -0.3 is 10.2 Å². The first-order chi connectivity index (χ1) is 12.3. The van der Waals surface area contributed by atoms with E-state index in [0.717, 1.165) is 29.5 Å². The second-order valence-corrected chi connectivity index (χ2v) is 7.36. The third-order valence-electron chi connectivity index (χ3n) is 3.64. The zero-order chi connectivity index (χ0) is 19.3. The van der Waals surface area contributed by atoms with E-state index in [1.807, 2.05) is 19.1 Å². The van der Waals surface area contributed by atoms with E-state index in [1.165, 1.54) is 18.0 Å². The Hall–Kier alpha value is -2.41. The van der Waals surface area contributed by atoms with Gasteiger partial charge in [-0.1, -0.05) is 17.7 Å². The van der Waals surface area contributed by atoms with E-state index in [1.54, 1.807) is 19.1 Å². The van der Waals surface area contributed by atoms with Gasteiger partial charge in [-0.15, -0.1) is 11.8 Å². The van der Waals surface area contributed by atoms with Crippen molar-refractivity contribution in [3.05, 3.63) is 59.7 Å². The van der Waals surface area contributed by atoms with Crippen molar-refractivity contribution in [2.24, 2.45) is 0 Å². The zero-order valence-electron chi connectivity index (χ0n) is 14.8. The van der Waals surface area contributed by atoms with Gasteiger partial charge in [-0.05, 0) is 44.2 Å². The Balaban J connectivity index is 1.89. The predicted molar refractivity (Wildman–Crippen MR) is 99.1 cm³/mol. The van der Waals surface area contributed by atoms with E-state index in [2.05, 4.69) is 5.32 Å². The average molecular weight is 378 g/mol. The molecule has 0 aliphatic rings. The van der Waals surface area contributed by atoms with Crippen LogP contribution in [-0.2, 0) is 9.59 Å². The molecule has 0 fully saturated rings. The van der Waals surface area contributed by atoms with E-state index >= 15 is 0 Å². The van der Waals surface area contributed by atoms with Crippen molar-refractivity contribution in [1.82, 2.24) is 4.90 Å². The molecule has 1 N–H and O–H groups in total. The maximum atomic E-state index is 13.3. The Morgan fingerprint density at radius 1 is 1.12 bits per heavy atom. The first-order valence-corrected chi connectivity index (χ1v) is 8.87. The van der Waals surface area contributed by atoms with Crippen molar-refractivity contribution in [2.45, 2.75) is 24.0 Å². The Labute approximate surface area is 155 Å². The molecule has 2 amide bonds. The van der Waals surface area contributed by atoms with Crippen LogP contribution in [0.2, 0.25) is 0 Å². The first-order valence-electron chi connectivity index (χ1n) is 7.99. The number of thioether (sulfide) groups is 1. The number of anilines is 1. The summed E-state index contributed by atoms with van der Waals surface area (Å²) >= 11 is 1.11. The van der Waals surface area contributed by atoms with Gasteiger partial charge in [-0.25, -0.2) is 8.78 Å². The van der Waals surface area contributed by atoms with Gasteiger partial charge in [0.15, 0.2) is 11.6 Å². The van der Waals surface area contributed by atoms with E-state index < -0.39 is 16.9 Å². The molecule has 2 aromatic carbocycles. The summed E-state index contributed by atoms with van der Waals surface area (Å²) in [6.07, 6.45) is 0. The second-order valence-electron chi connectivity index (χ2n) is 5.94. The molecule has 1 atom stereocenters. The fraction of sp³-hybridized carbons (Fsp3) is 0.263. The van der Waals surface area contributed by atoms with Crippen LogP contribution >= 0.6 is 11.8 Å². The summed E-state index contributed by atoms with van der Waals surface area (Å²) in [6, 6.07) is 10.8. The number of nitrogens with zero attached hydrogens (tertiary/aromatic N) is 1. The van der Waals surface area contributed by atoms with Crippen LogP contribution in [0.15, 0.2) is 47.4 Å². The number of amides is 2. The fourth-order valence-electron chi connectivity index (χ4n) is 2.25. The topological polar surface area (TPSA) is 49.4 Å². The number of likely N-dealkylation sites (N-methyl/N-ethyl adjacent to an activating group) is 1. The molecule has 0 radical (unpaired) electrons. The van der Waals surface area contributed by atoms with Crippen molar-refractivity contribution >= 4 is 29.3 Å². The third kappa shape index (κ3) is 5.56. The second kappa shape index (κ2) is 8.80. The number of hydrogen-bond donors (Lipinski definition) is 1. The van der Waals surface area contributed by atoms with Crippen molar-refractivity contribution in [3.8, 4) is 0 Å². The minimum Gasteiger partial charge on any atom is -0.335 e. The molecule has 0 bridgehead atoms. The number of benzene rings is 2. The van der Waals surface area contributed by atoms with Gasteiger partial charge in [0.1, 0.15) is 0 Å². The van der Waals surface area contributed by atoms with Crippen LogP contribution < -0.4 is 5.32 Å². The zero-order valence-corrected chi connectivity index (χ0v) is 15.6. The van der Waals surface area contributed by atoms with Crippen LogP contribution in [0.3, 0.4) is 0 Å². The summed E-state index contributed by atoms with van der Waals surface area (Å²) in [5.74, 6) is -2.48. The number of carbonyl (C=O) groups excluding carboxylic acids is 2. The maximum absolute atomic E-state index is 13.3. The van der Waals surface area contributed by atoms with Gasteiger partial charge in [-0.2, -0.15) is 0 Å². The van der Waals surface area contributed by atoms with Gasteiger partial charge in [0.2, 0.25) is 11.8 Å². The first kappa shape index (κ1) is 19.9. The normalized spacial score (nSPS) is 11.7. The largest absolute Gasteiger partial charge is 0.335 e. The van der Waals surface area contributed by atoms with Gasteiger partial charge in [0.05, 0.1) is 11.8 Å². The minimum absolute atomic E-state index is 0.102. The Morgan fingerprint density at radius 3 is 2.38 bits per heavy atom. The molecule has 2 rings (SSSR count). The van der Waals surface area contributed by atoms with Crippen LogP contribution in [0.1, 0.15) is 12.5 Å². The van der Waals surface area contributed by atoms with Gasteiger partial charge in [0.25, 0.3) is 0 Å². The average Bonchev–Trinajstić information content (AvgIpc) is 2.59. The molecule has 7 heteroatoms. The Bertz CT molecular complexity index is 797. The molecule has 0 unspecified atom stereocenters. The summed E-state index contributed by atoms with van der Waals surface area (Å²) in [6.45, 7) is 3.50. The SMILES string of the molecule is Cc1ccc(NC(=O)CN(C)C(=O)[C@@H](C)Sc2ccc(F)c(F)c2)cc1. The minimum atomic E-state index is -0.958. The quantitative estimate of drug-likeness (QED) is 0.777. The van der Waals surface area contributed by atoms with Crippen LogP contribution in [0.5, 0.6) is 0 Å². The van der Waals surface area contributed by atoms with Gasteiger partial charge in [-0.3, -0.25) is 9.59 Å². The number of aryl methyl sites for hydroxylation is 1. The molecule has 0 aliphatic carbocycles. The molecule has 2 aromatic rings.